The summed E-state index contributed by atoms with van der Waals surface area (Å²) in [4.78, 5) is 29.3. The number of aromatic nitrogens is 4. The summed E-state index contributed by atoms with van der Waals surface area (Å²) < 4.78 is 1.98. The number of piperidine rings is 1. The van der Waals surface area contributed by atoms with E-state index in [0.717, 1.165) is 59.6 Å². The number of amides is 1. The van der Waals surface area contributed by atoms with Crippen molar-refractivity contribution in [2.45, 2.75) is 25.4 Å². The molecule has 35 heavy (non-hydrogen) atoms. The predicted octanol–water partition coefficient (Wildman–Crippen LogP) is 3.21. The first kappa shape index (κ1) is 21.5. The van der Waals surface area contributed by atoms with E-state index in [4.69, 9.17) is 9.97 Å². The van der Waals surface area contributed by atoms with Crippen LogP contribution in [0.1, 0.15) is 28.8 Å². The maximum atomic E-state index is 12.9. The standard InChI is InChI=1S/C26H28N8O/c1-27-16-7-12-34(13-8-16)22-5-3-4-21(32-22)31-20-15-29-24(19-14-30-26(35)23(19)20)17-6-10-28-25-18(17)9-11-33(25)2/h3-6,9-11,15-16,27H,7-8,12-14H2,1-2H3,(H,30,35)(H,31,32). The maximum Gasteiger partial charge on any atom is 0.254 e. The van der Waals surface area contributed by atoms with Gasteiger partial charge in [0.25, 0.3) is 5.91 Å². The zero-order valence-corrected chi connectivity index (χ0v) is 19.9. The average molecular weight is 469 g/mol. The number of aryl methyl sites for hydroxylation is 1. The highest BCUT2D eigenvalue weighted by Crippen LogP contribution is 2.36. The van der Waals surface area contributed by atoms with Gasteiger partial charge in [-0.2, -0.15) is 0 Å². The summed E-state index contributed by atoms with van der Waals surface area (Å²) in [6.07, 6.45) is 7.70. The van der Waals surface area contributed by atoms with Gasteiger partial charge in [-0.1, -0.05) is 6.07 Å². The van der Waals surface area contributed by atoms with Crippen LogP contribution < -0.4 is 20.9 Å². The number of pyridine rings is 3. The van der Waals surface area contributed by atoms with E-state index >= 15 is 0 Å². The summed E-state index contributed by atoms with van der Waals surface area (Å²) in [5.41, 5.74) is 4.84. The highest BCUT2D eigenvalue weighted by atomic mass is 16.1. The molecular weight excluding hydrogens is 440 g/mol. The lowest BCUT2D eigenvalue weighted by atomic mass is 10.0. The highest BCUT2D eigenvalue weighted by molar-refractivity contribution is 6.06. The van der Waals surface area contributed by atoms with E-state index in [2.05, 4.69) is 25.8 Å². The van der Waals surface area contributed by atoms with Crippen LogP contribution in [-0.4, -0.2) is 51.6 Å². The zero-order valence-electron chi connectivity index (χ0n) is 19.9. The largest absolute Gasteiger partial charge is 0.356 e. The molecule has 9 heteroatoms. The topological polar surface area (TPSA) is 100 Å². The number of rotatable bonds is 5. The SMILES string of the molecule is CNC1CCN(c2cccc(Nc3cnc(-c4ccnc5c4ccn5C)c4c3C(=O)NC4)n2)CC1. The van der Waals surface area contributed by atoms with Crippen LogP contribution in [0, 0.1) is 0 Å². The van der Waals surface area contributed by atoms with Gasteiger partial charge < -0.3 is 25.4 Å². The second-order valence-electron chi connectivity index (χ2n) is 9.14. The van der Waals surface area contributed by atoms with Crippen molar-refractivity contribution >= 4 is 34.3 Å². The van der Waals surface area contributed by atoms with Crippen molar-refractivity contribution in [2.24, 2.45) is 7.05 Å². The van der Waals surface area contributed by atoms with Gasteiger partial charge >= 0.3 is 0 Å². The normalized spacial score (nSPS) is 15.9. The lowest BCUT2D eigenvalue weighted by Crippen LogP contribution is -2.41. The van der Waals surface area contributed by atoms with E-state index in [1.54, 1.807) is 12.4 Å². The summed E-state index contributed by atoms with van der Waals surface area (Å²) >= 11 is 0. The lowest BCUT2D eigenvalue weighted by Gasteiger charge is -2.32. The molecule has 4 aromatic rings. The first-order valence-corrected chi connectivity index (χ1v) is 12.0. The van der Waals surface area contributed by atoms with Crippen molar-refractivity contribution in [3.8, 4) is 11.3 Å². The smallest absolute Gasteiger partial charge is 0.254 e. The Morgan fingerprint density at radius 3 is 2.80 bits per heavy atom. The second kappa shape index (κ2) is 8.66. The third-order valence-electron chi connectivity index (χ3n) is 7.08. The highest BCUT2D eigenvalue weighted by Gasteiger charge is 2.28. The van der Waals surface area contributed by atoms with Crippen LogP contribution >= 0.6 is 0 Å². The quantitative estimate of drug-likeness (QED) is 0.414. The molecule has 0 aromatic carbocycles. The van der Waals surface area contributed by atoms with Crippen molar-refractivity contribution < 1.29 is 4.79 Å². The average Bonchev–Trinajstić information content (AvgIpc) is 3.48. The number of carbonyl (C=O) groups is 1. The van der Waals surface area contributed by atoms with Crippen LogP contribution in [0.25, 0.3) is 22.3 Å². The number of fused-ring (bicyclic) bond motifs is 2. The van der Waals surface area contributed by atoms with E-state index in [1.165, 1.54) is 0 Å². The summed E-state index contributed by atoms with van der Waals surface area (Å²) in [6.45, 7) is 2.38. The minimum Gasteiger partial charge on any atom is -0.356 e. The van der Waals surface area contributed by atoms with Crippen LogP contribution in [0.2, 0.25) is 0 Å². The first-order valence-electron chi connectivity index (χ1n) is 12.0. The Balaban J connectivity index is 1.33. The third kappa shape index (κ3) is 3.77. The number of carbonyl (C=O) groups excluding carboxylic acids is 1. The Kier molecular flexibility index (Phi) is 5.33. The van der Waals surface area contributed by atoms with Gasteiger partial charge in [0.05, 0.1) is 23.1 Å². The number of anilines is 3. The Morgan fingerprint density at radius 1 is 1.11 bits per heavy atom. The molecule has 178 valence electrons. The zero-order chi connectivity index (χ0) is 23.9. The monoisotopic (exact) mass is 468 g/mol. The molecule has 3 N–H and O–H groups in total. The van der Waals surface area contributed by atoms with Gasteiger partial charge in [0.1, 0.15) is 17.3 Å². The van der Waals surface area contributed by atoms with Crippen molar-refractivity contribution in [1.29, 1.82) is 0 Å². The van der Waals surface area contributed by atoms with Crippen molar-refractivity contribution in [3.05, 3.63) is 60.0 Å². The molecule has 2 aliphatic rings. The summed E-state index contributed by atoms with van der Waals surface area (Å²) in [6, 6.07) is 10.5. The molecule has 4 aromatic heterocycles. The van der Waals surface area contributed by atoms with E-state index in [0.29, 0.717) is 29.7 Å². The molecule has 0 spiro atoms. The molecule has 1 saturated heterocycles. The molecule has 1 fully saturated rings. The van der Waals surface area contributed by atoms with E-state index < -0.39 is 0 Å². The molecule has 0 radical (unpaired) electrons. The molecule has 0 saturated carbocycles. The second-order valence-corrected chi connectivity index (χ2v) is 9.14. The molecule has 0 aliphatic carbocycles. The van der Waals surface area contributed by atoms with E-state index in [9.17, 15) is 4.79 Å². The van der Waals surface area contributed by atoms with Crippen molar-refractivity contribution in [3.63, 3.8) is 0 Å². The number of hydrogen-bond acceptors (Lipinski definition) is 7. The van der Waals surface area contributed by atoms with Gasteiger partial charge in [0, 0.05) is 61.6 Å². The molecule has 0 atom stereocenters. The fourth-order valence-electron chi connectivity index (χ4n) is 5.14. The summed E-state index contributed by atoms with van der Waals surface area (Å²) in [7, 11) is 3.99. The molecule has 1 amide bonds. The number of nitrogens with zero attached hydrogens (tertiary/aromatic N) is 5. The molecule has 0 bridgehead atoms. The van der Waals surface area contributed by atoms with Crippen LogP contribution in [0.3, 0.4) is 0 Å². The summed E-state index contributed by atoms with van der Waals surface area (Å²) in [5.74, 6) is 1.54. The Hall–Kier alpha value is -3.98. The van der Waals surface area contributed by atoms with Gasteiger partial charge in [-0.3, -0.25) is 9.78 Å². The van der Waals surface area contributed by atoms with Crippen LogP contribution in [0.15, 0.2) is 48.9 Å². The third-order valence-corrected chi connectivity index (χ3v) is 7.08. The summed E-state index contributed by atoms with van der Waals surface area (Å²) in [5, 5.41) is 10.7. The Bertz CT molecular complexity index is 1420. The predicted molar refractivity (Wildman–Crippen MR) is 137 cm³/mol. The van der Waals surface area contributed by atoms with Gasteiger partial charge in [0.2, 0.25) is 0 Å². The van der Waals surface area contributed by atoms with Crippen LogP contribution in [0.4, 0.5) is 17.3 Å². The minimum absolute atomic E-state index is 0.102. The molecule has 2 aliphatic heterocycles. The minimum atomic E-state index is -0.102. The van der Waals surface area contributed by atoms with E-state index in [1.807, 2.05) is 55.2 Å². The fraction of sp³-hybridized carbons (Fsp3) is 0.308. The fourth-order valence-corrected chi connectivity index (χ4v) is 5.14. The molecule has 0 unspecified atom stereocenters. The number of nitrogens with one attached hydrogen (secondary N) is 3. The van der Waals surface area contributed by atoms with Crippen LogP contribution in [0.5, 0.6) is 0 Å². The van der Waals surface area contributed by atoms with Gasteiger partial charge in [-0.05, 0) is 44.2 Å². The maximum absolute atomic E-state index is 12.9. The van der Waals surface area contributed by atoms with Crippen molar-refractivity contribution in [2.75, 3.05) is 30.4 Å². The molecule has 6 heterocycles. The molecular formula is C26H28N8O. The Labute approximate surface area is 203 Å². The molecule has 9 nitrogen and oxygen atoms in total. The van der Waals surface area contributed by atoms with Gasteiger partial charge in [0.15, 0.2) is 0 Å². The lowest BCUT2D eigenvalue weighted by molar-refractivity contribution is 0.0966. The Morgan fingerprint density at radius 2 is 1.97 bits per heavy atom. The van der Waals surface area contributed by atoms with E-state index in [-0.39, 0.29) is 5.91 Å². The van der Waals surface area contributed by atoms with Gasteiger partial charge in [-0.15, -0.1) is 0 Å². The van der Waals surface area contributed by atoms with Crippen LogP contribution in [-0.2, 0) is 13.6 Å². The first-order chi connectivity index (χ1) is 17.1. The molecule has 6 rings (SSSR count). The van der Waals surface area contributed by atoms with Crippen molar-refractivity contribution in [1.82, 2.24) is 30.2 Å². The van der Waals surface area contributed by atoms with Gasteiger partial charge in [-0.25, -0.2) is 9.97 Å². The number of hydrogen-bond donors (Lipinski definition) is 3.